The van der Waals surface area contributed by atoms with Crippen molar-refractivity contribution in [2.24, 2.45) is 0 Å². The van der Waals surface area contributed by atoms with E-state index >= 15 is 0 Å². The molecule has 0 amide bonds. The van der Waals surface area contributed by atoms with E-state index in [2.05, 4.69) is 27.6 Å². The van der Waals surface area contributed by atoms with Gasteiger partial charge in [-0.3, -0.25) is 0 Å². The maximum absolute atomic E-state index is 5.52. The molecule has 13 heavy (non-hydrogen) atoms. The van der Waals surface area contributed by atoms with Crippen molar-refractivity contribution in [1.82, 2.24) is 0 Å². The Bertz CT molecular complexity index is 126. The van der Waals surface area contributed by atoms with Gasteiger partial charge < -0.3 is 21.6 Å². The highest BCUT2D eigenvalue weighted by Crippen LogP contribution is 1.98. The number of likely N-dealkylation sites (N-methyl/N-ethyl adjacent to an activating group) is 1. The minimum Gasteiger partial charge on any atom is -1.00 e. The summed E-state index contributed by atoms with van der Waals surface area (Å²) in [6.45, 7) is 8.53. The van der Waals surface area contributed by atoms with Crippen LogP contribution in [0.15, 0.2) is 12.7 Å². The first kappa shape index (κ1) is 15.4. The van der Waals surface area contributed by atoms with E-state index in [9.17, 15) is 0 Å². The van der Waals surface area contributed by atoms with E-state index in [1.807, 2.05) is 6.08 Å². The van der Waals surface area contributed by atoms with E-state index in [-0.39, 0.29) is 12.4 Å². The topological polar surface area (TPSA) is 9.23 Å². The van der Waals surface area contributed by atoms with Crippen LogP contribution in [0.2, 0.25) is 0 Å². The van der Waals surface area contributed by atoms with E-state index in [1.54, 1.807) is 0 Å². The number of halogens is 1. The van der Waals surface area contributed by atoms with Gasteiger partial charge in [0.2, 0.25) is 0 Å². The van der Waals surface area contributed by atoms with Crippen LogP contribution in [-0.4, -0.2) is 38.5 Å². The van der Waals surface area contributed by atoms with Crippen LogP contribution in [0.3, 0.4) is 0 Å². The van der Waals surface area contributed by atoms with E-state index < -0.39 is 0 Å². The van der Waals surface area contributed by atoms with Crippen LogP contribution in [0.4, 0.5) is 0 Å². The molecule has 0 bridgehead atoms. The number of hydrogen-bond donors (Lipinski definition) is 0. The summed E-state index contributed by atoms with van der Waals surface area (Å²) < 4.78 is 6.38. The lowest BCUT2D eigenvalue weighted by Crippen LogP contribution is -3.00. The molecule has 0 aliphatic heterocycles. The molecule has 0 saturated heterocycles. The first-order chi connectivity index (χ1) is 5.62. The quantitative estimate of drug-likeness (QED) is 0.226. The molecule has 0 N–H and O–H groups in total. The Labute approximate surface area is 88.6 Å². The van der Waals surface area contributed by atoms with Gasteiger partial charge in [0.25, 0.3) is 0 Å². The predicted octanol–water partition coefficient (Wildman–Crippen LogP) is -0.973. The molecule has 0 spiro atoms. The number of unbranched alkanes of at least 4 members (excludes halogenated alkanes) is 1. The van der Waals surface area contributed by atoms with Crippen molar-refractivity contribution in [1.29, 1.82) is 0 Å². The molecule has 80 valence electrons. The molecule has 0 aromatic heterocycles. The third kappa shape index (κ3) is 9.87. The van der Waals surface area contributed by atoms with Crippen molar-refractivity contribution in [3.05, 3.63) is 12.7 Å². The van der Waals surface area contributed by atoms with Crippen LogP contribution in [-0.2, 0) is 4.74 Å². The third-order valence-corrected chi connectivity index (χ3v) is 1.71. The summed E-state index contributed by atoms with van der Waals surface area (Å²) in [5.74, 6) is 0. The van der Waals surface area contributed by atoms with Gasteiger partial charge in [0.15, 0.2) is 6.73 Å². The van der Waals surface area contributed by atoms with Gasteiger partial charge in [0, 0.05) is 0 Å². The summed E-state index contributed by atoms with van der Waals surface area (Å²) in [7, 11) is 4.29. The zero-order chi connectivity index (χ0) is 9.45. The molecular formula is C10H22ClNO. The maximum atomic E-state index is 5.52. The zero-order valence-corrected chi connectivity index (χ0v) is 9.81. The Morgan fingerprint density at radius 3 is 2.46 bits per heavy atom. The Morgan fingerprint density at radius 1 is 1.38 bits per heavy atom. The highest BCUT2D eigenvalue weighted by molar-refractivity contribution is 4.63. The molecule has 0 radical (unpaired) electrons. The SMILES string of the molecule is C=CC[N+](C)(C)COCCCC.[Cl-]. The van der Waals surface area contributed by atoms with Crippen molar-refractivity contribution >= 4 is 0 Å². The average molecular weight is 208 g/mol. The number of hydrogen-bond acceptors (Lipinski definition) is 1. The zero-order valence-electron chi connectivity index (χ0n) is 9.05. The van der Waals surface area contributed by atoms with Crippen LogP contribution in [0.25, 0.3) is 0 Å². The van der Waals surface area contributed by atoms with Gasteiger partial charge in [-0.15, -0.1) is 0 Å². The summed E-state index contributed by atoms with van der Waals surface area (Å²) >= 11 is 0. The Hall–Kier alpha value is -0.0500. The molecule has 0 atom stereocenters. The van der Waals surface area contributed by atoms with E-state index in [1.165, 1.54) is 6.42 Å². The molecule has 0 aromatic carbocycles. The van der Waals surface area contributed by atoms with Gasteiger partial charge in [0.05, 0.1) is 27.2 Å². The van der Waals surface area contributed by atoms with E-state index in [4.69, 9.17) is 4.74 Å². The second-order valence-electron chi connectivity index (χ2n) is 3.80. The summed E-state index contributed by atoms with van der Waals surface area (Å²) in [4.78, 5) is 0. The van der Waals surface area contributed by atoms with Gasteiger partial charge in [-0.05, 0) is 12.5 Å². The minimum absolute atomic E-state index is 0. The Kier molecular flexibility index (Phi) is 10.1. The molecule has 2 nitrogen and oxygen atoms in total. The lowest BCUT2D eigenvalue weighted by atomic mass is 10.4. The number of quaternary nitrogens is 1. The lowest BCUT2D eigenvalue weighted by Gasteiger charge is -2.27. The van der Waals surface area contributed by atoms with Gasteiger partial charge in [-0.2, -0.15) is 0 Å². The molecular weight excluding hydrogens is 186 g/mol. The molecule has 0 rings (SSSR count). The number of rotatable bonds is 7. The molecule has 0 unspecified atom stereocenters. The van der Waals surface area contributed by atoms with Gasteiger partial charge >= 0.3 is 0 Å². The molecule has 0 aromatic rings. The smallest absolute Gasteiger partial charge is 0.182 e. The Morgan fingerprint density at radius 2 is 2.00 bits per heavy atom. The standard InChI is InChI=1S/C10H22NO.ClH/c1-5-7-9-12-10-11(3,4)8-6-2;/h6H,2,5,7-10H2,1,3-4H3;1H/q+1;/p-1. The predicted molar refractivity (Wildman–Crippen MR) is 52.9 cm³/mol. The summed E-state index contributed by atoms with van der Waals surface area (Å²) in [5.41, 5.74) is 0. The van der Waals surface area contributed by atoms with Crippen molar-refractivity contribution in [3.63, 3.8) is 0 Å². The van der Waals surface area contributed by atoms with Crippen molar-refractivity contribution < 1.29 is 21.6 Å². The van der Waals surface area contributed by atoms with Crippen molar-refractivity contribution in [2.45, 2.75) is 19.8 Å². The van der Waals surface area contributed by atoms with Gasteiger partial charge in [0.1, 0.15) is 0 Å². The summed E-state index contributed by atoms with van der Waals surface area (Å²) in [5, 5.41) is 0. The summed E-state index contributed by atoms with van der Waals surface area (Å²) in [6.07, 6.45) is 4.30. The van der Waals surface area contributed by atoms with Crippen LogP contribution in [0.1, 0.15) is 19.8 Å². The van der Waals surface area contributed by atoms with Crippen LogP contribution in [0.5, 0.6) is 0 Å². The lowest BCUT2D eigenvalue weighted by molar-refractivity contribution is -0.904. The first-order valence-corrected chi connectivity index (χ1v) is 4.63. The molecule has 3 heteroatoms. The Balaban J connectivity index is 0. The van der Waals surface area contributed by atoms with Gasteiger partial charge in [-0.25, -0.2) is 0 Å². The highest BCUT2D eigenvalue weighted by Gasteiger charge is 2.11. The molecule has 0 aliphatic carbocycles. The normalized spacial score (nSPS) is 10.7. The summed E-state index contributed by atoms with van der Waals surface area (Å²) in [6, 6.07) is 0. The number of nitrogens with zero attached hydrogens (tertiary/aromatic N) is 1. The van der Waals surface area contributed by atoms with E-state index in [0.717, 1.165) is 30.8 Å². The first-order valence-electron chi connectivity index (χ1n) is 4.63. The molecule has 0 saturated carbocycles. The second kappa shape index (κ2) is 8.54. The fourth-order valence-electron chi connectivity index (χ4n) is 0.960. The molecule has 0 aliphatic rings. The fourth-order valence-corrected chi connectivity index (χ4v) is 0.960. The van der Waals surface area contributed by atoms with E-state index in [0.29, 0.717) is 0 Å². The third-order valence-electron chi connectivity index (χ3n) is 1.71. The molecule has 0 fully saturated rings. The largest absolute Gasteiger partial charge is 1.00 e. The van der Waals surface area contributed by atoms with Crippen LogP contribution in [0, 0.1) is 0 Å². The van der Waals surface area contributed by atoms with Crippen LogP contribution >= 0.6 is 0 Å². The van der Waals surface area contributed by atoms with Gasteiger partial charge in [-0.1, -0.05) is 19.9 Å². The highest BCUT2D eigenvalue weighted by atomic mass is 35.5. The van der Waals surface area contributed by atoms with Crippen molar-refractivity contribution in [3.8, 4) is 0 Å². The average Bonchev–Trinajstić information content (AvgIpc) is 1.98. The molecule has 0 heterocycles. The van der Waals surface area contributed by atoms with Crippen molar-refractivity contribution in [2.75, 3.05) is 34.0 Å². The monoisotopic (exact) mass is 207 g/mol. The van der Waals surface area contributed by atoms with Crippen LogP contribution < -0.4 is 12.4 Å². The second-order valence-corrected chi connectivity index (χ2v) is 3.80. The minimum atomic E-state index is 0. The fraction of sp³-hybridized carbons (Fsp3) is 0.800. The number of ether oxygens (including phenoxy) is 1. The maximum Gasteiger partial charge on any atom is 0.182 e.